The second-order valence-electron chi connectivity index (χ2n) is 10.8. The number of anilines is 2. The molecule has 14 heteroatoms. The van der Waals surface area contributed by atoms with Gasteiger partial charge in [-0.25, -0.2) is 9.59 Å². The molecule has 0 aliphatic rings. The van der Waals surface area contributed by atoms with Crippen LogP contribution in [0.4, 0.5) is 11.4 Å². The highest BCUT2D eigenvalue weighted by Crippen LogP contribution is 2.18. The Morgan fingerprint density at radius 2 is 0.837 bits per heavy atom. The Labute approximate surface area is 282 Å². The minimum absolute atomic E-state index is 0.166. The number of ether oxygens (including phenoxy) is 4. The van der Waals surface area contributed by atoms with Gasteiger partial charge in [-0.05, 0) is 69.5 Å². The minimum Gasteiger partial charge on any atom is -0.461 e. The van der Waals surface area contributed by atoms with E-state index >= 15 is 0 Å². The summed E-state index contributed by atoms with van der Waals surface area (Å²) >= 11 is 0. The summed E-state index contributed by atoms with van der Waals surface area (Å²) in [4.78, 5) is 97.0. The molecule has 2 amide bonds. The number of Topliss-reactive ketones (excluding diaryl/α,β-unsaturated/α-hetero) is 2. The van der Waals surface area contributed by atoms with Gasteiger partial charge in [0.05, 0.1) is 0 Å². The number of esters is 4. The van der Waals surface area contributed by atoms with Crippen molar-refractivity contribution in [2.24, 2.45) is 11.8 Å². The third-order valence-electron chi connectivity index (χ3n) is 6.48. The van der Waals surface area contributed by atoms with E-state index in [1.807, 2.05) is 0 Å². The summed E-state index contributed by atoms with van der Waals surface area (Å²) in [6, 6.07) is 13.3. The molecule has 0 saturated heterocycles. The van der Waals surface area contributed by atoms with Crippen LogP contribution in [-0.4, -0.2) is 73.7 Å². The van der Waals surface area contributed by atoms with E-state index in [1.165, 1.54) is 13.8 Å². The number of carbonyl (C=O) groups is 8. The molecule has 49 heavy (non-hydrogen) atoms. The van der Waals surface area contributed by atoms with Crippen LogP contribution in [0.2, 0.25) is 0 Å². The van der Waals surface area contributed by atoms with Crippen molar-refractivity contribution in [2.75, 3.05) is 37.1 Å². The zero-order valence-electron chi connectivity index (χ0n) is 27.6. The van der Waals surface area contributed by atoms with Crippen LogP contribution in [-0.2, 0) is 63.7 Å². The molecule has 0 bridgehead atoms. The van der Waals surface area contributed by atoms with Gasteiger partial charge >= 0.3 is 23.9 Å². The smallest absolute Gasteiger partial charge is 0.333 e. The van der Waals surface area contributed by atoms with Gasteiger partial charge in [0, 0.05) is 22.5 Å². The van der Waals surface area contributed by atoms with E-state index in [4.69, 9.17) is 18.9 Å². The maximum absolute atomic E-state index is 12.7. The molecule has 2 N–H and O–H groups in total. The third-order valence-corrected chi connectivity index (χ3v) is 6.48. The van der Waals surface area contributed by atoms with E-state index < -0.39 is 59.1 Å². The Kier molecular flexibility index (Phi) is 15.3. The number of amides is 2. The van der Waals surface area contributed by atoms with Gasteiger partial charge in [0.2, 0.25) is 11.8 Å². The highest BCUT2D eigenvalue weighted by atomic mass is 16.6. The van der Waals surface area contributed by atoms with Gasteiger partial charge in [0.1, 0.15) is 26.4 Å². The number of rotatable bonds is 18. The Morgan fingerprint density at radius 3 is 1.12 bits per heavy atom. The average molecular weight is 679 g/mol. The number of benzene rings is 2. The monoisotopic (exact) mass is 678 g/mol. The van der Waals surface area contributed by atoms with Crippen LogP contribution < -0.4 is 10.6 Å². The summed E-state index contributed by atoms with van der Waals surface area (Å²) in [7, 11) is 0. The average Bonchev–Trinajstić information content (AvgIpc) is 3.02. The van der Waals surface area contributed by atoms with Crippen molar-refractivity contribution in [1.82, 2.24) is 0 Å². The van der Waals surface area contributed by atoms with Crippen LogP contribution in [0, 0.1) is 11.8 Å². The highest BCUT2D eigenvalue weighted by Gasteiger charge is 2.34. The largest absolute Gasteiger partial charge is 0.461 e. The van der Waals surface area contributed by atoms with Crippen LogP contribution >= 0.6 is 0 Å². The molecule has 0 aromatic heterocycles. The second-order valence-corrected chi connectivity index (χ2v) is 10.8. The zero-order chi connectivity index (χ0) is 36.7. The van der Waals surface area contributed by atoms with Gasteiger partial charge in [0.25, 0.3) is 0 Å². The molecule has 0 aliphatic carbocycles. The van der Waals surface area contributed by atoms with Crippen molar-refractivity contribution in [3.63, 3.8) is 0 Å². The lowest BCUT2D eigenvalue weighted by molar-refractivity contribution is -0.158. The maximum Gasteiger partial charge on any atom is 0.333 e. The predicted octanol–water partition coefficient (Wildman–Crippen LogP) is 2.89. The Bertz CT molecular complexity index is 1490. The van der Waals surface area contributed by atoms with Crippen molar-refractivity contribution in [3.8, 4) is 0 Å². The van der Waals surface area contributed by atoms with Crippen molar-refractivity contribution in [2.45, 2.75) is 34.1 Å². The number of ketones is 2. The molecule has 2 aromatic rings. The molecule has 0 saturated carbocycles. The molecular formula is C35H38N2O12. The Morgan fingerprint density at radius 1 is 0.531 bits per heavy atom. The van der Waals surface area contributed by atoms with Gasteiger partial charge in [-0.3, -0.25) is 28.8 Å². The molecule has 260 valence electrons. The van der Waals surface area contributed by atoms with Gasteiger partial charge < -0.3 is 29.6 Å². The maximum atomic E-state index is 12.7. The molecule has 0 spiro atoms. The van der Waals surface area contributed by atoms with E-state index in [1.54, 1.807) is 48.5 Å². The molecule has 0 aliphatic heterocycles. The van der Waals surface area contributed by atoms with E-state index in [0.29, 0.717) is 17.8 Å². The summed E-state index contributed by atoms with van der Waals surface area (Å²) in [5.41, 5.74) is 2.67. The summed E-state index contributed by atoms with van der Waals surface area (Å²) in [6.07, 6.45) is 0.457. The topological polar surface area (TPSA) is 198 Å². The molecule has 0 heterocycles. The molecule has 2 unspecified atom stereocenters. The fraction of sp³-hybridized carbons (Fsp3) is 0.314. The molecule has 0 fully saturated rings. The Balaban J connectivity index is 1.92. The van der Waals surface area contributed by atoms with E-state index in [9.17, 15) is 38.4 Å². The van der Waals surface area contributed by atoms with Crippen molar-refractivity contribution < 1.29 is 57.3 Å². The molecule has 2 rings (SSSR count). The first-order valence-corrected chi connectivity index (χ1v) is 14.9. The van der Waals surface area contributed by atoms with Crippen LogP contribution in [0.15, 0.2) is 72.8 Å². The van der Waals surface area contributed by atoms with Crippen LogP contribution in [0.3, 0.4) is 0 Å². The van der Waals surface area contributed by atoms with Gasteiger partial charge in [-0.2, -0.15) is 0 Å². The Hall–Kier alpha value is -5.92. The number of hydrogen-bond donors (Lipinski definition) is 2. The normalized spacial score (nSPS) is 11.5. The highest BCUT2D eigenvalue weighted by molar-refractivity contribution is 6.20. The van der Waals surface area contributed by atoms with Crippen LogP contribution in [0.5, 0.6) is 0 Å². The summed E-state index contributed by atoms with van der Waals surface area (Å²) < 4.78 is 19.5. The quantitative estimate of drug-likeness (QED) is 0.0770. The zero-order valence-corrected chi connectivity index (χ0v) is 27.6. The van der Waals surface area contributed by atoms with Crippen molar-refractivity contribution in [1.29, 1.82) is 0 Å². The lowest BCUT2D eigenvalue weighted by Crippen LogP contribution is -2.36. The standard InChI is InChI=1S/C35H38N2O12/c1-20(2)32(42)46-15-17-48-34(44)28(22(5)38)30(40)36-26-11-7-24(8-12-26)19-25-9-13-27(14-10-25)37-31(41)29(23(6)39)35(45)49-18-16-47-33(43)21(3)4/h7-14,28-29H,1,3,15-19H2,2,4-6H3,(H,36,40)(H,37,41). The van der Waals surface area contributed by atoms with Crippen molar-refractivity contribution >= 4 is 58.6 Å². The fourth-order valence-electron chi connectivity index (χ4n) is 3.96. The predicted molar refractivity (Wildman–Crippen MR) is 175 cm³/mol. The molecule has 0 radical (unpaired) electrons. The second kappa shape index (κ2) is 19.0. The van der Waals surface area contributed by atoms with Crippen LogP contribution in [0.1, 0.15) is 38.8 Å². The van der Waals surface area contributed by atoms with E-state index in [2.05, 4.69) is 23.8 Å². The lowest BCUT2D eigenvalue weighted by Gasteiger charge is -2.14. The molecule has 2 atom stereocenters. The minimum atomic E-state index is -1.72. The molecule has 14 nitrogen and oxygen atoms in total. The summed E-state index contributed by atoms with van der Waals surface area (Å²) in [5.74, 6) is -10.2. The van der Waals surface area contributed by atoms with Gasteiger partial charge in [-0.15, -0.1) is 0 Å². The number of hydrogen-bond acceptors (Lipinski definition) is 12. The molecule has 2 aromatic carbocycles. The number of nitrogens with one attached hydrogen (secondary N) is 2. The van der Waals surface area contributed by atoms with Gasteiger partial charge in [0.15, 0.2) is 23.4 Å². The first-order chi connectivity index (χ1) is 23.1. The SMILES string of the molecule is C=C(C)C(=O)OCCOC(=O)C(C(C)=O)C(=O)Nc1ccc(Cc2ccc(NC(=O)C(C(C)=O)C(=O)OCCOC(=O)C(=C)C)cc2)cc1. The lowest BCUT2D eigenvalue weighted by atomic mass is 10.0. The van der Waals surface area contributed by atoms with E-state index in [-0.39, 0.29) is 37.6 Å². The number of carbonyl (C=O) groups excluding carboxylic acids is 8. The first kappa shape index (κ1) is 39.3. The third kappa shape index (κ3) is 13.0. The molecular weight excluding hydrogens is 640 g/mol. The van der Waals surface area contributed by atoms with Gasteiger partial charge in [-0.1, -0.05) is 37.4 Å². The summed E-state index contributed by atoms with van der Waals surface area (Å²) in [5, 5.41) is 5.03. The summed E-state index contributed by atoms with van der Waals surface area (Å²) in [6.45, 7) is 10.7. The first-order valence-electron chi connectivity index (χ1n) is 14.9. The van der Waals surface area contributed by atoms with Crippen LogP contribution in [0.25, 0.3) is 0 Å². The van der Waals surface area contributed by atoms with E-state index in [0.717, 1.165) is 25.0 Å². The van der Waals surface area contributed by atoms with Crippen molar-refractivity contribution in [3.05, 3.63) is 84.0 Å². The fourth-order valence-corrected chi connectivity index (χ4v) is 3.96.